The molecule has 0 fully saturated rings. The number of halogens is 1. The standard InChI is InChI=1S/C13H8IN3O/c14-11-5-3-9(4-6-11)13-16-12(17-18-13)10-2-1-7-15-8-10/h1-8H. The Morgan fingerprint density at radius 1 is 1.00 bits per heavy atom. The van der Waals surface area contributed by atoms with Crippen molar-refractivity contribution in [2.75, 3.05) is 0 Å². The first-order chi connectivity index (χ1) is 8.83. The predicted octanol–water partition coefficient (Wildman–Crippen LogP) is 3.40. The fourth-order valence-electron chi connectivity index (χ4n) is 1.55. The van der Waals surface area contributed by atoms with Crippen LogP contribution in [0.3, 0.4) is 0 Å². The molecule has 0 saturated carbocycles. The average molecular weight is 349 g/mol. The summed E-state index contributed by atoms with van der Waals surface area (Å²) >= 11 is 2.26. The normalized spacial score (nSPS) is 10.5. The van der Waals surface area contributed by atoms with Crippen molar-refractivity contribution in [3.63, 3.8) is 0 Å². The number of aromatic nitrogens is 3. The Kier molecular flexibility index (Phi) is 3.06. The Morgan fingerprint density at radius 2 is 1.83 bits per heavy atom. The van der Waals surface area contributed by atoms with Crippen LogP contribution in [0, 0.1) is 3.57 Å². The first kappa shape index (κ1) is 11.3. The third-order valence-corrected chi connectivity index (χ3v) is 3.16. The van der Waals surface area contributed by atoms with Crippen LogP contribution >= 0.6 is 22.6 Å². The van der Waals surface area contributed by atoms with Gasteiger partial charge in [0, 0.05) is 27.1 Å². The van der Waals surface area contributed by atoms with E-state index in [1.54, 1.807) is 12.4 Å². The van der Waals surface area contributed by atoms with Crippen LogP contribution in [0.5, 0.6) is 0 Å². The van der Waals surface area contributed by atoms with Gasteiger partial charge in [0.1, 0.15) is 0 Å². The molecule has 5 heteroatoms. The fourth-order valence-corrected chi connectivity index (χ4v) is 1.91. The molecular weight excluding hydrogens is 341 g/mol. The summed E-state index contributed by atoms with van der Waals surface area (Å²) in [5.74, 6) is 1.07. The van der Waals surface area contributed by atoms with Gasteiger partial charge in [-0.15, -0.1) is 0 Å². The molecule has 4 nitrogen and oxygen atoms in total. The van der Waals surface area contributed by atoms with Crippen LogP contribution in [-0.2, 0) is 0 Å². The van der Waals surface area contributed by atoms with E-state index in [0.29, 0.717) is 11.7 Å². The van der Waals surface area contributed by atoms with Crippen molar-refractivity contribution in [3.05, 3.63) is 52.4 Å². The summed E-state index contributed by atoms with van der Waals surface area (Å²) in [5, 5.41) is 3.96. The molecule has 0 spiro atoms. The van der Waals surface area contributed by atoms with Crippen molar-refractivity contribution in [1.29, 1.82) is 0 Å². The summed E-state index contributed by atoms with van der Waals surface area (Å²) in [6.07, 6.45) is 3.42. The predicted molar refractivity (Wildman–Crippen MR) is 75.7 cm³/mol. The Hall–Kier alpha value is -1.76. The summed E-state index contributed by atoms with van der Waals surface area (Å²) in [4.78, 5) is 8.39. The second-order valence-corrected chi connectivity index (χ2v) is 4.92. The number of rotatable bonds is 2. The van der Waals surface area contributed by atoms with E-state index in [1.807, 2.05) is 36.4 Å². The number of hydrogen-bond acceptors (Lipinski definition) is 4. The van der Waals surface area contributed by atoms with Gasteiger partial charge in [0.25, 0.3) is 5.89 Å². The molecule has 0 atom stereocenters. The van der Waals surface area contributed by atoms with Crippen molar-refractivity contribution < 1.29 is 4.52 Å². The van der Waals surface area contributed by atoms with Crippen LogP contribution in [0.15, 0.2) is 53.3 Å². The lowest BCUT2D eigenvalue weighted by Gasteiger charge is -1.93. The van der Waals surface area contributed by atoms with Gasteiger partial charge in [0.15, 0.2) is 0 Å². The van der Waals surface area contributed by atoms with E-state index in [2.05, 4.69) is 37.7 Å². The van der Waals surface area contributed by atoms with Crippen LogP contribution in [0.2, 0.25) is 0 Å². The van der Waals surface area contributed by atoms with Gasteiger partial charge in [0.05, 0.1) is 0 Å². The molecule has 0 saturated heterocycles. The third kappa shape index (κ3) is 2.26. The van der Waals surface area contributed by atoms with Gasteiger partial charge >= 0.3 is 0 Å². The molecule has 0 N–H and O–H groups in total. The maximum absolute atomic E-state index is 5.25. The molecule has 1 aromatic carbocycles. The minimum absolute atomic E-state index is 0.519. The van der Waals surface area contributed by atoms with Gasteiger partial charge < -0.3 is 4.52 Å². The summed E-state index contributed by atoms with van der Waals surface area (Å²) in [6.45, 7) is 0. The molecule has 18 heavy (non-hydrogen) atoms. The highest BCUT2D eigenvalue weighted by molar-refractivity contribution is 14.1. The van der Waals surface area contributed by atoms with E-state index < -0.39 is 0 Å². The van der Waals surface area contributed by atoms with E-state index in [1.165, 1.54) is 3.57 Å². The Labute approximate surface area is 117 Å². The largest absolute Gasteiger partial charge is 0.334 e. The highest BCUT2D eigenvalue weighted by atomic mass is 127. The molecule has 0 aliphatic heterocycles. The van der Waals surface area contributed by atoms with Crippen molar-refractivity contribution >= 4 is 22.6 Å². The lowest BCUT2D eigenvalue weighted by atomic mass is 10.2. The van der Waals surface area contributed by atoms with Crippen LogP contribution in [-0.4, -0.2) is 15.1 Å². The summed E-state index contributed by atoms with van der Waals surface area (Å²) in [6, 6.07) is 11.7. The smallest absolute Gasteiger partial charge is 0.258 e. The summed E-state index contributed by atoms with van der Waals surface area (Å²) in [5.41, 5.74) is 1.76. The first-order valence-electron chi connectivity index (χ1n) is 5.33. The Balaban J connectivity index is 1.97. The van der Waals surface area contributed by atoms with Crippen molar-refractivity contribution in [2.24, 2.45) is 0 Å². The maximum atomic E-state index is 5.25. The van der Waals surface area contributed by atoms with Gasteiger partial charge in [-0.3, -0.25) is 4.98 Å². The van der Waals surface area contributed by atoms with E-state index in [4.69, 9.17) is 4.52 Å². The number of benzene rings is 1. The van der Waals surface area contributed by atoms with Gasteiger partial charge in [-0.05, 0) is 59.0 Å². The van der Waals surface area contributed by atoms with Gasteiger partial charge in [-0.1, -0.05) is 5.16 Å². The molecule has 2 heterocycles. The topological polar surface area (TPSA) is 51.8 Å². The molecule has 0 unspecified atom stereocenters. The Bertz CT molecular complexity index is 650. The zero-order valence-electron chi connectivity index (χ0n) is 9.25. The number of pyridine rings is 1. The maximum Gasteiger partial charge on any atom is 0.258 e. The fraction of sp³-hybridized carbons (Fsp3) is 0. The van der Waals surface area contributed by atoms with Crippen LogP contribution in [0.4, 0.5) is 0 Å². The van der Waals surface area contributed by atoms with E-state index in [0.717, 1.165) is 11.1 Å². The molecular formula is C13H8IN3O. The third-order valence-electron chi connectivity index (χ3n) is 2.44. The number of hydrogen-bond donors (Lipinski definition) is 0. The van der Waals surface area contributed by atoms with E-state index in [9.17, 15) is 0 Å². The average Bonchev–Trinajstić information content (AvgIpc) is 2.90. The monoisotopic (exact) mass is 349 g/mol. The molecule has 0 bridgehead atoms. The summed E-state index contributed by atoms with van der Waals surface area (Å²) in [7, 11) is 0. The minimum Gasteiger partial charge on any atom is -0.334 e. The Morgan fingerprint density at radius 3 is 2.56 bits per heavy atom. The lowest BCUT2D eigenvalue weighted by molar-refractivity contribution is 0.432. The molecule has 88 valence electrons. The van der Waals surface area contributed by atoms with E-state index in [-0.39, 0.29) is 0 Å². The molecule has 0 radical (unpaired) electrons. The minimum atomic E-state index is 0.519. The molecule has 3 aromatic rings. The summed E-state index contributed by atoms with van der Waals surface area (Å²) < 4.78 is 6.42. The van der Waals surface area contributed by atoms with E-state index >= 15 is 0 Å². The van der Waals surface area contributed by atoms with Gasteiger partial charge in [-0.2, -0.15) is 4.98 Å². The van der Waals surface area contributed by atoms with Gasteiger partial charge in [-0.25, -0.2) is 0 Å². The SMILES string of the molecule is Ic1ccc(-c2nc(-c3cccnc3)no2)cc1. The number of nitrogens with zero attached hydrogens (tertiary/aromatic N) is 3. The van der Waals surface area contributed by atoms with Crippen LogP contribution in [0.1, 0.15) is 0 Å². The molecule has 0 aliphatic carbocycles. The van der Waals surface area contributed by atoms with Crippen molar-refractivity contribution in [3.8, 4) is 22.8 Å². The van der Waals surface area contributed by atoms with Crippen molar-refractivity contribution in [1.82, 2.24) is 15.1 Å². The molecule has 0 amide bonds. The zero-order valence-corrected chi connectivity index (χ0v) is 11.4. The van der Waals surface area contributed by atoms with Gasteiger partial charge in [0.2, 0.25) is 5.82 Å². The van der Waals surface area contributed by atoms with Crippen LogP contribution in [0.25, 0.3) is 22.8 Å². The quantitative estimate of drug-likeness (QED) is 0.666. The zero-order chi connectivity index (χ0) is 12.4. The van der Waals surface area contributed by atoms with Crippen LogP contribution < -0.4 is 0 Å². The molecule has 2 aromatic heterocycles. The highest BCUT2D eigenvalue weighted by Crippen LogP contribution is 2.22. The molecule has 3 rings (SSSR count). The first-order valence-corrected chi connectivity index (χ1v) is 6.41. The molecule has 0 aliphatic rings. The second kappa shape index (κ2) is 4.85. The highest BCUT2D eigenvalue weighted by Gasteiger charge is 2.10. The second-order valence-electron chi connectivity index (χ2n) is 3.67. The van der Waals surface area contributed by atoms with Crippen molar-refractivity contribution in [2.45, 2.75) is 0 Å². The lowest BCUT2D eigenvalue weighted by Crippen LogP contribution is -1.82.